The van der Waals surface area contributed by atoms with E-state index in [1.165, 1.54) is 16.7 Å². The molecule has 1 aliphatic heterocycles. The van der Waals surface area contributed by atoms with Gasteiger partial charge in [-0.1, -0.05) is 42.5 Å². The third-order valence-corrected chi connectivity index (χ3v) is 5.61. The first-order valence-electron chi connectivity index (χ1n) is 9.55. The summed E-state index contributed by atoms with van der Waals surface area (Å²) < 4.78 is 5.43. The number of anilines is 1. The van der Waals surface area contributed by atoms with Gasteiger partial charge < -0.3 is 14.8 Å². The highest BCUT2D eigenvalue weighted by Gasteiger charge is 2.29. The van der Waals surface area contributed by atoms with E-state index in [0.29, 0.717) is 0 Å². The van der Waals surface area contributed by atoms with Crippen molar-refractivity contribution in [1.29, 1.82) is 0 Å². The molecule has 2 heterocycles. The zero-order valence-corrected chi connectivity index (χ0v) is 15.5. The Kier molecular flexibility index (Phi) is 4.29. The standard InChI is InChI=1S/C23H21N3O2/c27-25-15-21-18-4-1-2-5-19(18)23-17(6-3-7-20(21)23)16-8-9-22(24-14-16)26-10-12-28-13-11-26/h1-9,14-15,21,27H,10-13H2. The van der Waals surface area contributed by atoms with Crippen molar-refractivity contribution in [2.75, 3.05) is 31.2 Å². The van der Waals surface area contributed by atoms with Crippen LogP contribution < -0.4 is 4.90 Å². The van der Waals surface area contributed by atoms with Crippen LogP contribution in [-0.4, -0.2) is 42.7 Å². The van der Waals surface area contributed by atoms with Crippen molar-refractivity contribution in [2.24, 2.45) is 5.16 Å². The second-order valence-corrected chi connectivity index (χ2v) is 7.10. The first kappa shape index (κ1) is 17.0. The number of benzene rings is 2. The average molecular weight is 371 g/mol. The van der Waals surface area contributed by atoms with Crippen molar-refractivity contribution in [2.45, 2.75) is 5.92 Å². The maximum absolute atomic E-state index is 9.16. The highest BCUT2D eigenvalue weighted by molar-refractivity contribution is 5.96. The zero-order valence-electron chi connectivity index (χ0n) is 15.5. The summed E-state index contributed by atoms with van der Waals surface area (Å²) >= 11 is 0. The van der Waals surface area contributed by atoms with E-state index >= 15 is 0 Å². The van der Waals surface area contributed by atoms with Gasteiger partial charge in [-0.25, -0.2) is 4.98 Å². The average Bonchev–Trinajstić information content (AvgIpc) is 3.09. The Morgan fingerprint density at radius 3 is 2.54 bits per heavy atom. The van der Waals surface area contributed by atoms with E-state index in [2.05, 4.69) is 58.6 Å². The maximum Gasteiger partial charge on any atom is 0.128 e. The van der Waals surface area contributed by atoms with Crippen LogP contribution in [-0.2, 0) is 4.74 Å². The Labute approximate surface area is 163 Å². The lowest BCUT2D eigenvalue weighted by molar-refractivity contribution is 0.122. The van der Waals surface area contributed by atoms with E-state index in [1.54, 1.807) is 6.21 Å². The predicted octanol–water partition coefficient (Wildman–Crippen LogP) is 4.16. The van der Waals surface area contributed by atoms with Gasteiger partial charge in [0, 0.05) is 30.8 Å². The van der Waals surface area contributed by atoms with Crippen LogP contribution in [0.1, 0.15) is 17.0 Å². The van der Waals surface area contributed by atoms with E-state index < -0.39 is 0 Å². The van der Waals surface area contributed by atoms with E-state index in [1.807, 2.05) is 12.3 Å². The molecule has 0 amide bonds. The first-order chi connectivity index (χ1) is 13.9. The minimum absolute atomic E-state index is 0.0308. The summed E-state index contributed by atoms with van der Waals surface area (Å²) in [7, 11) is 0. The van der Waals surface area contributed by atoms with Crippen LogP contribution in [0.3, 0.4) is 0 Å². The molecule has 2 aliphatic rings. The molecule has 1 unspecified atom stereocenters. The summed E-state index contributed by atoms with van der Waals surface area (Å²) in [5, 5.41) is 12.5. The molecule has 2 aromatic carbocycles. The minimum Gasteiger partial charge on any atom is -0.411 e. The number of fused-ring (bicyclic) bond motifs is 3. The molecule has 5 nitrogen and oxygen atoms in total. The van der Waals surface area contributed by atoms with Gasteiger partial charge in [-0.3, -0.25) is 0 Å². The van der Waals surface area contributed by atoms with Crippen molar-refractivity contribution in [1.82, 2.24) is 4.98 Å². The molecule has 1 aliphatic carbocycles. The smallest absolute Gasteiger partial charge is 0.128 e. The minimum atomic E-state index is -0.0308. The zero-order chi connectivity index (χ0) is 18.9. The Morgan fingerprint density at radius 1 is 0.964 bits per heavy atom. The number of oxime groups is 1. The molecule has 1 N–H and O–H groups in total. The van der Waals surface area contributed by atoms with Crippen LogP contribution in [0.2, 0.25) is 0 Å². The molecule has 140 valence electrons. The molecule has 0 radical (unpaired) electrons. The summed E-state index contributed by atoms with van der Waals surface area (Å²) in [4.78, 5) is 6.98. The van der Waals surface area contributed by atoms with Gasteiger partial charge in [0.05, 0.1) is 19.4 Å². The fraction of sp³-hybridized carbons (Fsp3) is 0.217. The van der Waals surface area contributed by atoms with Crippen molar-refractivity contribution in [3.63, 3.8) is 0 Å². The van der Waals surface area contributed by atoms with Gasteiger partial charge in [0.2, 0.25) is 0 Å². The van der Waals surface area contributed by atoms with E-state index in [0.717, 1.165) is 48.8 Å². The number of ether oxygens (including phenoxy) is 1. The van der Waals surface area contributed by atoms with Gasteiger partial charge in [-0.15, -0.1) is 5.16 Å². The number of pyridine rings is 1. The SMILES string of the molecule is ON=CC1c2ccccc2-c2c(-c3ccc(N4CCOCC4)nc3)cccc21. The van der Waals surface area contributed by atoms with Gasteiger partial charge in [0.25, 0.3) is 0 Å². The number of morpholine rings is 1. The van der Waals surface area contributed by atoms with Crippen LogP contribution in [0.4, 0.5) is 5.82 Å². The number of rotatable bonds is 3. The molecule has 1 fully saturated rings. The first-order valence-corrected chi connectivity index (χ1v) is 9.55. The van der Waals surface area contributed by atoms with Crippen molar-refractivity contribution < 1.29 is 9.94 Å². The topological polar surface area (TPSA) is 58.0 Å². The molecular formula is C23H21N3O2. The summed E-state index contributed by atoms with van der Waals surface area (Å²) in [6, 6.07) is 18.9. The Morgan fingerprint density at radius 2 is 1.75 bits per heavy atom. The quantitative estimate of drug-likeness (QED) is 0.427. The van der Waals surface area contributed by atoms with Crippen molar-refractivity contribution >= 4 is 12.0 Å². The molecule has 28 heavy (non-hydrogen) atoms. The lowest BCUT2D eigenvalue weighted by Gasteiger charge is -2.27. The summed E-state index contributed by atoms with van der Waals surface area (Å²) in [6.45, 7) is 3.26. The van der Waals surface area contributed by atoms with E-state index in [9.17, 15) is 0 Å². The van der Waals surface area contributed by atoms with Gasteiger partial charge >= 0.3 is 0 Å². The fourth-order valence-corrected chi connectivity index (χ4v) is 4.29. The molecule has 1 aromatic heterocycles. The monoisotopic (exact) mass is 371 g/mol. The Balaban J connectivity index is 1.58. The van der Waals surface area contributed by atoms with Gasteiger partial charge in [0.15, 0.2) is 0 Å². The second-order valence-electron chi connectivity index (χ2n) is 7.10. The van der Waals surface area contributed by atoms with E-state index in [-0.39, 0.29) is 5.92 Å². The highest BCUT2D eigenvalue weighted by Crippen LogP contribution is 2.48. The third kappa shape index (κ3) is 2.75. The normalized spacial score (nSPS) is 18.3. The number of hydrogen-bond donors (Lipinski definition) is 1. The highest BCUT2D eigenvalue weighted by atomic mass is 16.5. The fourth-order valence-electron chi connectivity index (χ4n) is 4.29. The number of aromatic nitrogens is 1. The molecular weight excluding hydrogens is 350 g/mol. The second kappa shape index (κ2) is 7.09. The summed E-state index contributed by atoms with van der Waals surface area (Å²) in [5.41, 5.74) is 6.96. The van der Waals surface area contributed by atoms with E-state index in [4.69, 9.17) is 14.9 Å². The lowest BCUT2D eigenvalue weighted by Crippen LogP contribution is -2.36. The Hall–Kier alpha value is -3.18. The van der Waals surface area contributed by atoms with Crippen molar-refractivity contribution in [3.05, 3.63) is 71.9 Å². The molecule has 1 atom stereocenters. The largest absolute Gasteiger partial charge is 0.411 e. The number of hydrogen-bond acceptors (Lipinski definition) is 5. The predicted molar refractivity (Wildman–Crippen MR) is 110 cm³/mol. The molecule has 5 heteroatoms. The molecule has 0 saturated carbocycles. The Bertz CT molecular complexity index is 1020. The molecule has 5 rings (SSSR count). The van der Waals surface area contributed by atoms with Crippen LogP contribution >= 0.6 is 0 Å². The molecule has 1 saturated heterocycles. The molecule has 0 bridgehead atoms. The van der Waals surface area contributed by atoms with Crippen LogP contribution in [0.25, 0.3) is 22.3 Å². The van der Waals surface area contributed by atoms with Gasteiger partial charge in [-0.2, -0.15) is 0 Å². The van der Waals surface area contributed by atoms with Crippen LogP contribution in [0.15, 0.2) is 65.9 Å². The third-order valence-electron chi connectivity index (χ3n) is 5.61. The maximum atomic E-state index is 9.16. The summed E-state index contributed by atoms with van der Waals surface area (Å²) in [5.74, 6) is 0.960. The van der Waals surface area contributed by atoms with Gasteiger partial charge in [0.1, 0.15) is 5.82 Å². The van der Waals surface area contributed by atoms with Crippen molar-refractivity contribution in [3.8, 4) is 22.3 Å². The molecule has 0 spiro atoms. The summed E-state index contributed by atoms with van der Waals surface area (Å²) in [6.07, 6.45) is 3.56. The molecule has 3 aromatic rings. The number of nitrogens with zero attached hydrogens (tertiary/aromatic N) is 3. The lowest BCUT2D eigenvalue weighted by atomic mass is 9.94. The van der Waals surface area contributed by atoms with Crippen LogP contribution in [0, 0.1) is 0 Å². The van der Waals surface area contributed by atoms with Gasteiger partial charge in [-0.05, 0) is 39.9 Å². The van der Waals surface area contributed by atoms with Crippen LogP contribution in [0.5, 0.6) is 0 Å².